The number of benzene rings is 2. The minimum Gasteiger partial charge on any atom is -0.339 e. The lowest BCUT2D eigenvalue weighted by Gasteiger charge is -2.07. The van der Waals surface area contributed by atoms with Crippen LogP contribution in [0.3, 0.4) is 0 Å². The summed E-state index contributed by atoms with van der Waals surface area (Å²) in [5.74, 6) is 0.227. The first-order valence-corrected chi connectivity index (χ1v) is 9.55. The maximum Gasteiger partial charge on any atom is 0.240 e. The van der Waals surface area contributed by atoms with Gasteiger partial charge in [0.1, 0.15) is 5.82 Å². The van der Waals surface area contributed by atoms with Crippen LogP contribution in [-0.4, -0.2) is 25.1 Å². The van der Waals surface area contributed by atoms with Crippen LogP contribution in [-0.2, 0) is 16.4 Å². The number of hydrogen-bond donors (Lipinski definition) is 1. The molecule has 0 unspecified atom stereocenters. The van der Waals surface area contributed by atoms with Gasteiger partial charge in [-0.05, 0) is 48.9 Å². The van der Waals surface area contributed by atoms with Crippen LogP contribution in [0.25, 0.3) is 11.4 Å². The van der Waals surface area contributed by atoms with Gasteiger partial charge in [-0.3, -0.25) is 0 Å². The van der Waals surface area contributed by atoms with E-state index in [0.717, 1.165) is 5.56 Å². The van der Waals surface area contributed by atoms with Crippen molar-refractivity contribution in [2.24, 2.45) is 0 Å². The molecule has 0 aliphatic heterocycles. The van der Waals surface area contributed by atoms with Gasteiger partial charge in [-0.15, -0.1) is 0 Å². The maximum atomic E-state index is 12.9. The predicted octanol–water partition coefficient (Wildman–Crippen LogP) is 3.36. The monoisotopic (exact) mass is 395 g/mol. The zero-order chi connectivity index (χ0) is 18.7. The summed E-state index contributed by atoms with van der Waals surface area (Å²) in [6.45, 7) is 1.87. The number of hydrogen-bond acceptors (Lipinski definition) is 5. The number of halogens is 2. The van der Waals surface area contributed by atoms with Gasteiger partial charge in [0.05, 0.1) is 4.90 Å². The molecule has 3 rings (SSSR count). The normalized spacial score (nSPS) is 11.7. The van der Waals surface area contributed by atoms with Crippen molar-refractivity contribution in [3.8, 4) is 11.4 Å². The topological polar surface area (TPSA) is 85.1 Å². The van der Waals surface area contributed by atoms with Gasteiger partial charge in [0.2, 0.25) is 21.7 Å². The molecule has 0 atom stereocenters. The molecule has 3 aromatic rings. The van der Waals surface area contributed by atoms with Crippen LogP contribution < -0.4 is 4.72 Å². The van der Waals surface area contributed by atoms with Crippen LogP contribution in [0, 0.1) is 12.7 Å². The molecule has 1 aromatic heterocycles. The molecule has 0 radical (unpaired) electrons. The van der Waals surface area contributed by atoms with E-state index in [1.807, 2.05) is 0 Å². The van der Waals surface area contributed by atoms with Crippen LogP contribution in [0.15, 0.2) is 51.9 Å². The Morgan fingerprint density at radius 2 is 1.92 bits per heavy atom. The van der Waals surface area contributed by atoms with E-state index in [1.165, 1.54) is 36.4 Å². The van der Waals surface area contributed by atoms with Gasteiger partial charge in [0, 0.05) is 23.6 Å². The van der Waals surface area contributed by atoms with E-state index in [2.05, 4.69) is 14.9 Å². The summed E-state index contributed by atoms with van der Waals surface area (Å²) in [5.41, 5.74) is 1.40. The summed E-state index contributed by atoms with van der Waals surface area (Å²) < 4.78 is 45.0. The smallest absolute Gasteiger partial charge is 0.240 e. The third-order valence-electron chi connectivity index (χ3n) is 3.66. The van der Waals surface area contributed by atoms with Gasteiger partial charge in [-0.1, -0.05) is 22.8 Å². The fourth-order valence-electron chi connectivity index (χ4n) is 2.19. The van der Waals surface area contributed by atoms with E-state index in [4.69, 9.17) is 16.1 Å². The second kappa shape index (κ2) is 7.53. The van der Waals surface area contributed by atoms with Crippen LogP contribution in [0.2, 0.25) is 5.02 Å². The maximum absolute atomic E-state index is 12.9. The summed E-state index contributed by atoms with van der Waals surface area (Å²) in [7, 11) is -3.69. The molecule has 0 spiro atoms. The number of aryl methyl sites for hydroxylation is 1. The molecule has 9 heteroatoms. The minimum atomic E-state index is -3.69. The Balaban J connectivity index is 1.62. The Morgan fingerprint density at radius 3 is 2.62 bits per heavy atom. The van der Waals surface area contributed by atoms with Gasteiger partial charge in [-0.25, -0.2) is 17.5 Å². The van der Waals surface area contributed by atoms with Crippen molar-refractivity contribution in [3.63, 3.8) is 0 Å². The van der Waals surface area contributed by atoms with E-state index in [9.17, 15) is 12.8 Å². The highest BCUT2D eigenvalue weighted by Gasteiger charge is 2.16. The van der Waals surface area contributed by atoms with Gasteiger partial charge in [0.15, 0.2) is 0 Å². The average Bonchev–Trinajstić information content (AvgIpc) is 3.06. The molecule has 0 saturated carbocycles. The molecular weight excluding hydrogens is 381 g/mol. The quantitative estimate of drug-likeness (QED) is 0.691. The lowest BCUT2D eigenvalue weighted by Crippen LogP contribution is -2.26. The molecule has 2 aromatic carbocycles. The van der Waals surface area contributed by atoms with Gasteiger partial charge >= 0.3 is 0 Å². The summed E-state index contributed by atoms with van der Waals surface area (Å²) >= 11 is 5.97. The summed E-state index contributed by atoms with van der Waals surface area (Å²) in [5, 5.41) is 4.19. The first-order chi connectivity index (χ1) is 12.3. The van der Waals surface area contributed by atoms with Gasteiger partial charge < -0.3 is 4.52 Å². The molecule has 0 amide bonds. The molecule has 136 valence electrons. The second-order valence-electron chi connectivity index (χ2n) is 5.58. The van der Waals surface area contributed by atoms with E-state index < -0.39 is 10.0 Å². The molecule has 1 N–H and O–H groups in total. The molecule has 0 aliphatic rings. The zero-order valence-electron chi connectivity index (χ0n) is 13.7. The highest BCUT2D eigenvalue weighted by Crippen LogP contribution is 2.20. The molecule has 0 aliphatic carbocycles. The van der Waals surface area contributed by atoms with Crippen molar-refractivity contribution >= 4 is 21.6 Å². The predicted molar refractivity (Wildman–Crippen MR) is 94.8 cm³/mol. The standard InChI is InChI=1S/C17H15ClFN3O3S/c1-11-2-7-14(10-15(11)18)26(23,24)20-9-8-16-21-17(22-25-16)12-3-5-13(19)6-4-12/h2-7,10,20H,8-9H2,1H3. The Hall–Kier alpha value is -2.29. The number of aromatic nitrogens is 2. The largest absolute Gasteiger partial charge is 0.339 e. The number of nitrogens with one attached hydrogen (secondary N) is 1. The molecule has 0 fully saturated rings. The molecule has 6 nitrogen and oxygen atoms in total. The van der Waals surface area contributed by atoms with Crippen LogP contribution in [0.1, 0.15) is 11.5 Å². The third-order valence-corrected chi connectivity index (χ3v) is 5.52. The Bertz CT molecular complexity index is 1020. The second-order valence-corrected chi connectivity index (χ2v) is 7.75. The van der Waals surface area contributed by atoms with Crippen LogP contribution in [0.5, 0.6) is 0 Å². The minimum absolute atomic E-state index is 0.0822. The molecule has 1 heterocycles. The fourth-order valence-corrected chi connectivity index (χ4v) is 3.49. The summed E-state index contributed by atoms with van der Waals surface area (Å²) in [6, 6.07) is 10.2. The molecule has 26 heavy (non-hydrogen) atoms. The number of sulfonamides is 1. The summed E-state index contributed by atoms with van der Waals surface area (Å²) in [6.07, 6.45) is 0.215. The highest BCUT2D eigenvalue weighted by molar-refractivity contribution is 7.89. The Labute approximate surface area is 155 Å². The van der Waals surface area contributed by atoms with Gasteiger partial charge in [0.25, 0.3) is 0 Å². The van der Waals surface area contributed by atoms with E-state index >= 15 is 0 Å². The van der Waals surface area contributed by atoms with Crippen LogP contribution in [0.4, 0.5) is 4.39 Å². The Kier molecular flexibility index (Phi) is 5.36. The van der Waals surface area contributed by atoms with Crippen LogP contribution >= 0.6 is 11.6 Å². The van der Waals surface area contributed by atoms with Gasteiger partial charge in [-0.2, -0.15) is 4.98 Å². The number of nitrogens with zero attached hydrogens (tertiary/aromatic N) is 2. The first kappa shape index (κ1) is 18.5. The molecule has 0 saturated heterocycles. The van der Waals surface area contributed by atoms with Crippen molar-refractivity contribution < 1.29 is 17.3 Å². The van der Waals surface area contributed by atoms with Crippen molar-refractivity contribution in [2.45, 2.75) is 18.2 Å². The zero-order valence-corrected chi connectivity index (χ0v) is 15.3. The van der Waals surface area contributed by atoms with Crippen molar-refractivity contribution in [1.29, 1.82) is 0 Å². The first-order valence-electron chi connectivity index (χ1n) is 7.69. The lowest BCUT2D eigenvalue weighted by molar-refractivity contribution is 0.379. The lowest BCUT2D eigenvalue weighted by atomic mass is 10.2. The average molecular weight is 396 g/mol. The van der Waals surface area contributed by atoms with E-state index in [1.54, 1.807) is 13.0 Å². The highest BCUT2D eigenvalue weighted by atomic mass is 35.5. The SMILES string of the molecule is Cc1ccc(S(=O)(=O)NCCc2nc(-c3ccc(F)cc3)no2)cc1Cl. The number of rotatable bonds is 6. The molecule has 0 bridgehead atoms. The summed E-state index contributed by atoms with van der Waals surface area (Å²) in [4.78, 5) is 4.26. The van der Waals surface area contributed by atoms with Crippen molar-refractivity contribution in [1.82, 2.24) is 14.9 Å². The van der Waals surface area contributed by atoms with Crippen molar-refractivity contribution in [2.75, 3.05) is 6.54 Å². The fraction of sp³-hybridized carbons (Fsp3) is 0.176. The van der Waals surface area contributed by atoms with E-state index in [-0.39, 0.29) is 29.6 Å². The van der Waals surface area contributed by atoms with E-state index in [0.29, 0.717) is 16.4 Å². The third kappa shape index (κ3) is 4.27. The Morgan fingerprint density at radius 1 is 1.19 bits per heavy atom. The molecular formula is C17H15ClFN3O3S. The van der Waals surface area contributed by atoms with Crippen molar-refractivity contribution in [3.05, 3.63) is 64.8 Å².